The summed E-state index contributed by atoms with van der Waals surface area (Å²) >= 11 is 0. The first-order valence-corrected chi connectivity index (χ1v) is 7.99. The second-order valence-corrected chi connectivity index (χ2v) is 6.98. The third kappa shape index (κ3) is 4.80. The van der Waals surface area contributed by atoms with Crippen LogP contribution in [0, 0.1) is 0 Å². The Hall–Kier alpha value is -0.130. The van der Waals surface area contributed by atoms with Crippen LogP contribution in [0.5, 0.6) is 0 Å². The molecule has 1 saturated carbocycles. The van der Waals surface area contributed by atoms with Crippen molar-refractivity contribution in [3.63, 3.8) is 0 Å². The second kappa shape index (κ2) is 6.57. The first kappa shape index (κ1) is 13.9. The molecule has 0 saturated heterocycles. The molecule has 1 rings (SSSR count). The lowest BCUT2D eigenvalue weighted by Crippen LogP contribution is -2.41. The summed E-state index contributed by atoms with van der Waals surface area (Å²) in [7, 11) is -2.89. The van der Waals surface area contributed by atoms with Gasteiger partial charge in [0.15, 0.2) is 9.84 Å². The first-order chi connectivity index (χ1) is 7.55. The van der Waals surface area contributed by atoms with Crippen LogP contribution in [0.2, 0.25) is 0 Å². The van der Waals surface area contributed by atoms with Crippen molar-refractivity contribution in [2.75, 3.05) is 18.1 Å². The molecule has 0 bridgehead atoms. The van der Waals surface area contributed by atoms with E-state index in [1.807, 2.05) is 0 Å². The van der Waals surface area contributed by atoms with E-state index in [0.29, 0.717) is 6.54 Å². The molecule has 0 aromatic carbocycles. The molecule has 2 atom stereocenters. The molecule has 1 aliphatic carbocycles. The van der Waals surface area contributed by atoms with Gasteiger partial charge in [-0.05, 0) is 12.8 Å². The minimum absolute atomic E-state index is 0.0783. The Morgan fingerprint density at radius 3 is 2.62 bits per heavy atom. The van der Waals surface area contributed by atoms with Gasteiger partial charge in [0.1, 0.15) is 0 Å². The Kier molecular flexibility index (Phi) is 5.72. The first-order valence-electron chi connectivity index (χ1n) is 6.17. The van der Waals surface area contributed by atoms with Crippen molar-refractivity contribution in [2.24, 2.45) is 0 Å². The maximum atomic E-state index is 11.3. The number of hydrogen-bond acceptors (Lipinski definition) is 4. The van der Waals surface area contributed by atoms with Gasteiger partial charge in [0.05, 0.1) is 11.9 Å². The summed E-state index contributed by atoms with van der Waals surface area (Å²) in [5.41, 5.74) is 0. The lowest BCUT2D eigenvalue weighted by molar-refractivity contribution is 0.121. The molecule has 96 valence electrons. The minimum Gasteiger partial charge on any atom is -0.392 e. The molecule has 0 aromatic rings. The molecule has 1 fully saturated rings. The van der Waals surface area contributed by atoms with Crippen LogP contribution in [-0.4, -0.2) is 43.7 Å². The monoisotopic (exact) mass is 249 g/mol. The zero-order valence-corrected chi connectivity index (χ0v) is 10.8. The van der Waals surface area contributed by atoms with E-state index in [4.69, 9.17) is 0 Å². The van der Waals surface area contributed by atoms with Crippen LogP contribution >= 0.6 is 0 Å². The summed E-state index contributed by atoms with van der Waals surface area (Å²) in [6.07, 6.45) is 4.84. The van der Waals surface area contributed by atoms with Crippen molar-refractivity contribution in [1.82, 2.24) is 5.32 Å². The fourth-order valence-electron chi connectivity index (χ4n) is 2.07. The molecule has 0 aliphatic heterocycles. The standard InChI is InChI=1S/C11H23NO3S/c1-2-16(14,15)9-8-12-10-6-4-3-5-7-11(10)13/h10-13H,2-9H2,1H3. The predicted octanol–water partition coefficient (Wildman–Crippen LogP) is 0.704. The molecule has 0 radical (unpaired) electrons. The number of aliphatic hydroxyl groups is 1. The van der Waals surface area contributed by atoms with Crippen molar-refractivity contribution >= 4 is 9.84 Å². The van der Waals surface area contributed by atoms with Gasteiger partial charge >= 0.3 is 0 Å². The highest BCUT2D eigenvalue weighted by Crippen LogP contribution is 2.17. The van der Waals surface area contributed by atoms with E-state index in [-0.39, 0.29) is 23.7 Å². The second-order valence-electron chi connectivity index (χ2n) is 4.50. The van der Waals surface area contributed by atoms with Crippen molar-refractivity contribution < 1.29 is 13.5 Å². The fourth-order valence-corrected chi connectivity index (χ4v) is 2.79. The normalized spacial score (nSPS) is 27.6. The van der Waals surface area contributed by atoms with Crippen LogP contribution in [0.3, 0.4) is 0 Å². The molecule has 0 aromatic heterocycles. The van der Waals surface area contributed by atoms with Gasteiger partial charge in [-0.3, -0.25) is 0 Å². The highest BCUT2D eigenvalue weighted by molar-refractivity contribution is 7.91. The van der Waals surface area contributed by atoms with Crippen LogP contribution in [0.4, 0.5) is 0 Å². The highest BCUT2D eigenvalue weighted by Gasteiger charge is 2.21. The molecule has 2 unspecified atom stereocenters. The van der Waals surface area contributed by atoms with Crippen LogP contribution in [-0.2, 0) is 9.84 Å². The molecular formula is C11H23NO3S. The Morgan fingerprint density at radius 1 is 1.25 bits per heavy atom. The van der Waals surface area contributed by atoms with Gasteiger partial charge in [-0.25, -0.2) is 8.42 Å². The summed E-state index contributed by atoms with van der Waals surface area (Å²) in [6, 6.07) is 0.0783. The molecule has 2 N–H and O–H groups in total. The maximum absolute atomic E-state index is 11.3. The zero-order valence-electron chi connectivity index (χ0n) is 9.98. The van der Waals surface area contributed by atoms with E-state index in [0.717, 1.165) is 25.7 Å². The molecule has 0 amide bonds. The molecule has 0 spiro atoms. The molecule has 0 heterocycles. The minimum atomic E-state index is -2.89. The summed E-state index contributed by atoms with van der Waals surface area (Å²) in [5.74, 6) is 0.370. The predicted molar refractivity (Wildman–Crippen MR) is 65.2 cm³/mol. The van der Waals surface area contributed by atoms with E-state index < -0.39 is 9.84 Å². The fraction of sp³-hybridized carbons (Fsp3) is 1.00. The van der Waals surface area contributed by atoms with Gasteiger partial charge in [0.2, 0.25) is 0 Å². The van der Waals surface area contributed by atoms with E-state index in [2.05, 4.69) is 5.32 Å². The SMILES string of the molecule is CCS(=O)(=O)CCNC1CCCCCC1O. The molecular weight excluding hydrogens is 226 g/mol. The van der Waals surface area contributed by atoms with Gasteiger partial charge in [-0.1, -0.05) is 26.2 Å². The molecule has 16 heavy (non-hydrogen) atoms. The van der Waals surface area contributed by atoms with E-state index in [1.165, 1.54) is 6.42 Å². The number of nitrogens with one attached hydrogen (secondary N) is 1. The summed E-state index contributed by atoms with van der Waals surface area (Å²) in [5, 5.41) is 13.0. The van der Waals surface area contributed by atoms with E-state index in [9.17, 15) is 13.5 Å². The Balaban J connectivity index is 2.30. The van der Waals surface area contributed by atoms with Crippen molar-refractivity contribution in [3.05, 3.63) is 0 Å². The van der Waals surface area contributed by atoms with Gasteiger partial charge in [0, 0.05) is 18.3 Å². The third-order valence-electron chi connectivity index (χ3n) is 3.24. The molecule has 5 heteroatoms. The molecule has 4 nitrogen and oxygen atoms in total. The number of aliphatic hydroxyl groups excluding tert-OH is 1. The quantitative estimate of drug-likeness (QED) is 0.704. The smallest absolute Gasteiger partial charge is 0.151 e. The number of rotatable bonds is 5. The Morgan fingerprint density at radius 2 is 1.94 bits per heavy atom. The Bertz CT molecular complexity index is 290. The van der Waals surface area contributed by atoms with E-state index >= 15 is 0 Å². The lowest BCUT2D eigenvalue weighted by atomic mass is 10.1. The summed E-state index contributed by atoms with van der Waals surface area (Å²) in [4.78, 5) is 0. The summed E-state index contributed by atoms with van der Waals surface area (Å²) < 4.78 is 22.6. The topological polar surface area (TPSA) is 66.4 Å². The average molecular weight is 249 g/mol. The van der Waals surface area contributed by atoms with Gasteiger partial charge < -0.3 is 10.4 Å². The Labute approximate surface area is 98.4 Å². The van der Waals surface area contributed by atoms with Crippen molar-refractivity contribution in [3.8, 4) is 0 Å². The average Bonchev–Trinajstić information content (AvgIpc) is 2.44. The largest absolute Gasteiger partial charge is 0.392 e. The van der Waals surface area contributed by atoms with Crippen LogP contribution in [0.1, 0.15) is 39.0 Å². The van der Waals surface area contributed by atoms with E-state index in [1.54, 1.807) is 6.92 Å². The third-order valence-corrected chi connectivity index (χ3v) is 4.94. The van der Waals surface area contributed by atoms with Crippen LogP contribution in [0.15, 0.2) is 0 Å². The van der Waals surface area contributed by atoms with Crippen LogP contribution < -0.4 is 5.32 Å². The van der Waals surface area contributed by atoms with Crippen molar-refractivity contribution in [1.29, 1.82) is 0 Å². The highest BCUT2D eigenvalue weighted by atomic mass is 32.2. The molecule has 1 aliphatic rings. The number of hydrogen-bond donors (Lipinski definition) is 2. The maximum Gasteiger partial charge on any atom is 0.151 e. The number of sulfone groups is 1. The van der Waals surface area contributed by atoms with Gasteiger partial charge in [-0.15, -0.1) is 0 Å². The summed E-state index contributed by atoms with van der Waals surface area (Å²) in [6.45, 7) is 2.12. The van der Waals surface area contributed by atoms with Gasteiger partial charge in [0.25, 0.3) is 0 Å². The zero-order chi connectivity index (χ0) is 12.0. The van der Waals surface area contributed by atoms with Gasteiger partial charge in [-0.2, -0.15) is 0 Å². The lowest BCUT2D eigenvalue weighted by Gasteiger charge is -2.21. The van der Waals surface area contributed by atoms with Crippen LogP contribution in [0.25, 0.3) is 0 Å². The van der Waals surface area contributed by atoms with Crippen molar-refractivity contribution in [2.45, 2.75) is 51.2 Å².